The lowest BCUT2D eigenvalue weighted by atomic mass is 9.96. The number of rotatable bonds is 47. The zero-order chi connectivity index (χ0) is 62.6. The van der Waals surface area contributed by atoms with Crippen molar-refractivity contribution in [2.75, 3.05) is 26.4 Å². The van der Waals surface area contributed by atoms with Crippen LogP contribution in [0, 0.1) is 0 Å². The second-order valence-electron chi connectivity index (χ2n) is 22.8. The molecule has 3 fully saturated rings. The van der Waals surface area contributed by atoms with E-state index in [9.17, 15) is 61.0 Å². The Morgan fingerprint density at radius 3 is 1.30 bits per heavy atom. The SMILES string of the molecule is CC/C=C\C/C=C\C/C=C\C/C=C\C/C=C\C/C=C\CCCCC(=O)NC(COC1OC(CO)C(OC2OC(CO)C(OC3OC(CO)C(O)C(O)C3O)C(O)C2O)C(O)C1O)C(O)/C=C/CC/C=C/CCCCCCCCCCCCCCCC. The van der Waals surface area contributed by atoms with Gasteiger partial charge in [-0.05, 0) is 83.5 Å². The maximum atomic E-state index is 13.4. The van der Waals surface area contributed by atoms with Gasteiger partial charge in [-0.2, -0.15) is 0 Å². The van der Waals surface area contributed by atoms with Gasteiger partial charge in [0.25, 0.3) is 0 Å². The number of hydrogen-bond acceptors (Lipinski definition) is 18. The van der Waals surface area contributed by atoms with Crippen LogP contribution in [-0.4, -0.2) is 193 Å². The number of aliphatic hydroxyl groups is 11. The maximum absolute atomic E-state index is 13.4. The number of carbonyl (C=O) groups excluding carboxylic acids is 1. The average Bonchev–Trinajstić information content (AvgIpc) is 2.21. The molecule has 0 saturated carbocycles. The predicted molar refractivity (Wildman–Crippen MR) is 332 cm³/mol. The van der Waals surface area contributed by atoms with Crippen LogP contribution < -0.4 is 5.32 Å². The van der Waals surface area contributed by atoms with Crippen molar-refractivity contribution in [1.82, 2.24) is 5.32 Å². The van der Waals surface area contributed by atoms with E-state index in [1.807, 2.05) is 6.08 Å². The van der Waals surface area contributed by atoms with Crippen molar-refractivity contribution in [2.45, 2.75) is 291 Å². The summed E-state index contributed by atoms with van der Waals surface area (Å²) < 4.78 is 34.2. The summed E-state index contributed by atoms with van der Waals surface area (Å²) in [6, 6.07) is -1.02. The normalized spacial score (nSPS) is 29.4. The minimum absolute atomic E-state index is 0.175. The molecular weight excluding hydrogens is 1110 g/mol. The van der Waals surface area contributed by atoms with Crippen LogP contribution in [0.1, 0.15) is 187 Å². The van der Waals surface area contributed by atoms with Crippen molar-refractivity contribution in [3.05, 3.63) is 97.2 Å². The van der Waals surface area contributed by atoms with E-state index in [-0.39, 0.29) is 12.3 Å². The van der Waals surface area contributed by atoms with Gasteiger partial charge in [0.2, 0.25) is 5.91 Å². The molecule has 0 aromatic rings. The van der Waals surface area contributed by atoms with Crippen molar-refractivity contribution in [2.24, 2.45) is 0 Å². The summed E-state index contributed by atoms with van der Waals surface area (Å²) in [6.07, 6.45) is 35.3. The summed E-state index contributed by atoms with van der Waals surface area (Å²) in [4.78, 5) is 13.4. The highest BCUT2D eigenvalue weighted by atomic mass is 16.8. The summed E-state index contributed by atoms with van der Waals surface area (Å²) in [6.45, 7) is 1.55. The Morgan fingerprint density at radius 2 is 0.814 bits per heavy atom. The highest BCUT2D eigenvalue weighted by Crippen LogP contribution is 2.33. The monoisotopic (exact) mass is 1220 g/mol. The van der Waals surface area contributed by atoms with Gasteiger partial charge in [0.15, 0.2) is 18.9 Å². The number of carbonyl (C=O) groups is 1. The summed E-state index contributed by atoms with van der Waals surface area (Å²) >= 11 is 0. The van der Waals surface area contributed by atoms with Crippen LogP contribution in [0.2, 0.25) is 0 Å². The largest absolute Gasteiger partial charge is 0.394 e. The first-order valence-electron chi connectivity index (χ1n) is 32.5. The standard InChI is InChI=1S/C67H113NO18/c1-3-5-7-9-11-13-15-17-19-21-23-25-27-29-31-33-35-37-39-41-43-45-55(73)68-50(51(72)44-42-40-38-36-34-32-30-28-26-24-22-20-18-16-14-12-10-8-6-4-2)49-81-65-61(79)58(76)63(53(47-70)83-65)86-67-62(80)59(77)64(54(48-71)84-67)85-66-60(78)57(75)56(74)52(46-69)82-66/h5,7,11,13,17,19,23,25,29,31,34-37,42,44,50-54,56-67,69-72,74-80H,3-4,6,8-10,12,14-16,18,20-22,24,26-28,30,32-33,38-41,43,45-49H2,1-2H3,(H,68,73)/b7-5-,13-11-,19-17-,25-23-,31-29-,36-34+,37-35-,44-42+. The van der Waals surface area contributed by atoms with E-state index >= 15 is 0 Å². The number of amides is 1. The first kappa shape index (κ1) is 77.0. The van der Waals surface area contributed by atoms with Gasteiger partial charge in [0, 0.05) is 6.42 Å². The molecule has 0 aromatic carbocycles. The molecular formula is C67H113NO18. The number of aliphatic hydroxyl groups excluding tert-OH is 11. The zero-order valence-corrected chi connectivity index (χ0v) is 51.7. The lowest BCUT2D eigenvalue weighted by Gasteiger charge is -2.48. The molecule has 19 nitrogen and oxygen atoms in total. The fourth-order valence-electron chi connectivity index (χ4n) is 10.3. The summed E-state index contributed by atoms with van der Waals surface area (Å²) in [7, 11) is 0. The van der Waals surface area contributed by atoms with Crippen LogP contribution in [0.25, 0.3) is 0 Å². The van der Waals surface area contributed by atoms with E-state index in [4.69, 9.17) is 28.4 Å². The first-order chi connectivity index (χ1) is 41.8. The van der Waals surface area contributed by atoms with Gasteiger partial charge in [-0.1, -0.05) is 195 Å². The number of unbranched alkanes of at least 4 members (excludes halogenated alkanes) is 17. The molecule has 86 heavy (non-hydrogen) atoms. The Balaban J connectivity index is 1.51. The Morgan fingerprint density at radius 1 is 0.430 bits per heavy atom. The molecule has 494 valence electrons. The minimum Gasteiger partial charge on any atom is -0.394 e. The topological polar surface area (TPSA) is 307 Å². The molecule has 3 saturated heterocycles. The van der Waals surface area contributed by atoms with Crippen LogP contribution in [-0.2, 0) is 33.2 Å². The number of allylic oxidation sites excluding steroid dienone is 15. The first-order valence-corrected chi connectivity index (χ1v) is 32.5. The molecule has 3 aliphatic rings. The lowest BCUT2D eigenvalue weighted by Crippen LogP contribution is -2.66. The highest BCUT2D eigenvalue weighted by Gasteiger charge is 2.53. The molecule has 0 spiro atoms. The molecule has 0 radical (unpaired) electrons. The summed E-state index contributed by atoms with van der Waals surface area (Å²) in [5.41, 5.74) is 0. The van der Waals surface area contributed by atoms with Crippen molar-refractivity contribution < 1.29 is 89.4 Å². The molecule has 19 heteroatoms. The molecule has 3 rings (SSSR count). The molecule has 3 aliphatic heterocycles. The van der Waals surface area contributed by atoms with Crippen LogP contribution in [0.15, 0.2) is 97.2 Å². The summed E-state index contributed by atoms with van der Waals surface area (Å²) in [5.74, 6) is -0.331. The van der Waals surface area contributed by atoms with Gasteiger partial charge in [-0.15, -0.1) is 0 Å². The molecule has 17 unspecified atom stereocenters. The second-order valence-corrected chi connectivity index (χ2v) is 22.8. The van der Waals surface area contributed by atoms with E-state index in [0.29, 0.717) is 12.8 Å². The highest BCUT2D eigenvalue weighted by molar-refractivity contribution is 5.76. The van der Waals surface area contributed by atoms with Gasteiger partial charge >= 0.3 is 0 Å². The van der Waals surface area contributed by atoms with Gasteiger partial charge in [0.1, 0.15) is 73.2 Å². The van der Waals surface area contributed by atoms with E-state index in [0.717, 1.165) is 70.6 Å². The quantitative estimate of drug-likeness (QED) is 0.0210. The smallest absolute Gasteiger partial charge is 0.220 e. The summed E-state index contributed by atoms with van der Waals surface area (Å²) in [5, 5.41) is 120. The fourth-order valence-corrected chi connectivity index (χ4v) is 10.3. The van der Waals surface area contributed by atoms with Crippen LogP contribution in [0.3, 0.4) is 0 Å². The van der Waals surface area contributed by atoms with Gasteiger partial charge in [0.05, 0.1) is 38.6 Å². The molecule has 3 heterocycles. The van der Waals surface area contributed by atoms with Gasteiger partial charge in [-0.3, -0.25) is 4.79 Å². The van der Waals surface area contributed by atoms with Crippen molar-refractivity contribution in [1.29, 1.82) is 0 Å². The molecule has 1 amide bonds. The van der Waals surface area contributed by atoms with Crippen LogP contribution >= 0.6 is 0 Å². The van der Waals surface area contributed by atoms with E-state index in [2.05, 4.69) is 104 Å². The number of nitrogens with one attached hydrogen (secondary N) is 1. The van der Waals surface area contributed by atoms with Crippen LogP contribution in [0.4, 0.5) is 0 Å². The Bertz CT molecular complexity index is 1940. The Hall–Kier alpha value is -3.29. The van der Waals surface area contributed by atoms with Crippen LogP contribution in [0.5, 0.6) is 0 Å². The predicted octanol–water partition coefficient (Wildman–Crippen LogP) is 7.32. The third-order valence-corrected chi connectivity index (χ3v) is 15.6. The molecule has 0 bridgehead atoms. The third kappa shape index (κ3) is 31.0. The van der Waals surface area contributed by atoms with Gasteiger partial charge < -0.3 is 89.9 Å². The third-order valence-electron chi connectivity index (χ3n) is 15.6. The Labute approximate surface area is 513 Å². The zero-order valence-electron chi connectivity index (χ0n) is 51.7. The molecule has 17 atom stereocenters. The molecule has 0 aliphatic carbocycles. The van der Waals surface area contributed by atoms with Crippen molar-refractivity contribution in [3.8, 4) is 0 Å². The molecule has 12 N–H and O–H groups in total. The van der Waals surface area contributed by atoms with E-state index in [1.165, 1.54) is 83.5 Å². The lowest BCUT2D eigenvalue weighted by molar-refractivity contribution is -0.379. The molecule has 0 aromatic heterocycles. The second kappa shape index (κ2) is 48.5. The van der Waals surface area contributed by atoms with Crippen molar-refractivity contribution >= 4 is 5.91 Å². The fraction of sp³-hybridized carbons (Fsp3) is 0.746. The Kier molecular flexibility index (Phi) is 43.4. The maximum Gasteiger partial charge on any atom is 0.220 e. The minimum atomic E-state index is -1.99. The van der Waals surface area contributed by atoms with E-state index in [1.54, 1.807) is 6.08 Å². The van der Waals surface area contributed by atoms with Gasteiger partial charge in [-0.25, -0.2) is 0 Å². The van der Waals surface area contributed by atoms with E-state index < -0.39 is 131 Å². The average molecular weight is 1220 g/mol. The number of ether oxygens (including phenoxy) is 6. The number of hydrogen-bond donors (Lipinski definition) is 12. The van der Waals surface area contributed by atoms with Crippen molar-refractivity contribution in [3.63, 3.8) is 0 Å².